The molecule has 0 aliphatic rings. The van der Waals surface area contributed by atoms with Gasteiger partial charge in [0.25, 0.3) is 0 Å². The molecule has 0 aromatic carbocycles. The molecular formula is C12H15O4P. The van der Waals surface area contributed by atoms with Gasteiger partial charge < -0.3 is 18.8 Å². The Morgan fingerprint density at radius 1 is 0.765 bits per heavy atom. The van der Waals surface area contributed by atoms with Crippen molar-refractivity contribution in [1.29, 1.82) is 0 Å². The van der Waals surface area contributed by atoms with E-state index in [4.69, 9.17) is 33.5 Å². The van der Waals surface area contributed by atoms with Crippen LogP contribution in [0.1, 0.15) is 0 Å². The van der Waals surface area contributed by atoms with Crippen LogP contribution in [0.3, 0.4) is 0 Å². The lowest BCUT2D eigenvalue weighted by atomic mass is 10.8. The summed E-state index contributed by atoms with van der Waals surface area (Å²) in [6, 6.07) is 0. The fourth-order valence-corrected chi connectivity index (χ4v) is 2.42. The van der Waals surface area contributed by atoms with Gasteiger partial charge in [0.2, 0.25) is 0 Å². The second kappa shape index (κ2) is 9.98. The van der Waals surface area contributed by atoms with Crippen LogP contribution in [0.2, 0.25) is 0 Å². The SMILES string of the molecule is C#CCOCP(=O)(COCC#C)COCC#C. The predicted octanol–water partition coefficient (Wildman–Crippen LogP) is 1.17. The normalized spacial score (nSPS) is 10.2. The van der Waals surface area contributed by atoms with Gasteiger partial charge in [0.15, 0.2) is 7.14 Å². The quantitative estimate of drug-likeness (QED) is 0.352. The molecule has 0 aliphatic heterocycles. The molecule has 17 heavy (non-hydrogen) atoms. The van der Waals surface area contributed by atoms with E-state index in [1.54, 1.807) is 0 Å². The van der Waals surface area contributed by atoms with Gasteiger partial charge in [0, 0.05) is 0 Å². The van der Waals surface area contributed by atoms with E-state index in [1.165, 1.54) is 0 Å². The van der Waals surface area contributed by atoms with Crippen molar-refractivity contribution in [3.05, 3.63) is 0 Å². The molecular weight excluding hydrogens is 239 g/mol. The Kier molecular flexibility index (Phi) is 9.27. The highest BCUT2D eigenvalue weighted by Crippen LogP contribution is 2.45. The second-order valence-corrected chi connectivity index (χ2v) is 5.99. The first-order valence-electron chi connectivity index (χ1n) is 4.79. The minimum Gasteiger partial charge on any atom is -0.361 e. The minimum atomic E-state index is -2.76. The highest BCUT2D eigenvalue weighted by Gasteiger charge is 2.23. The van der Waals surface area contributed by atoms with E-state index < -0.39 is 7.14 Å². The van der Waals surface area contributed by atoms with Gasteiger partial charge in [-0.15, -0.1) is 19.3 Å². The molecule has 0 unspecified atom stereocenters. The Morgan fingerprint density at radius 2 is 1.06 bits per heavy atom. The van der Waals surface area contributed by atoms with Crippen molar-refractivity contribution in [2.24, 2.45) is 0 Å². The molecule has 0 rings (SSSR count). The standard InChI is InChI=1S/C12H15O4P/c1-4-7-14-10-17(13,11-15-8-5-2)12-16-9-6-3/h1-3H,7-12H2. The lowest BCUT2D eigenvalue weighted by molar-refractivity contribution is 0.169. The molecule has 92 valence electrons. The fraction of sp³-hybridized carbons (Fsp3) is 0.500. The molecule has 0 radical (unpaired) electrons. The maximum Gasteiger partial charge on any atom is 0.161 e. The van der Waals surface area contributed by atoms with Crippen molar-refractivity contribution in [3.63, 3.8) is 0 Å². The van der Waals surface area contributed by atoms with Crippen molar-refractivity contribution in [3.8, 4) is 37.0 Å². The summed E-state index contributed by atoms with van der Waals surface area (Å²) >= 11 is 0. The molecule has 0 N–H and O–H groups in total. The van der Waals surface area contributed by atoms with Gasteiger partial charge in [0.05, 0.1) is 0 Å². The zero-order valence-electron chi connectivity index (χ0n) is 9.55. The highest BCUT2D eigenvalue weighted by atomic mass is 31.2. The van der Waals surface area contributed by atoms with Gasteiger partial charge in [-0.2, -0.15) is 0 Å². The molecule has 0 aromatic rings. The third-order valence-electron chi connectivity index (χ3n) is 1.54. The molecule has 0 spiro atoms. The van der Waals surface area contributed by atoms with E-state index in [2.05, 4.69) is 17.8 Å². The van der Waals surface area contributed by atoms with Crippen LogP contribution in [0.5, 0.6) is 0 Å². The zero-order valence-corrected chi connectivity index (χ0v) is 10.4. The summed E-state index contributed by atoms with van der Waals surface area (Å²) in [6.45, 7) is 0.275. The number of rotatable bonds is 9. The van der Waals surface area contributed by atoms with E-state index in [0.29, 0.717) is 0 Å². The van der Waals surface area contributed by atoms with Crippen LogP contribution < -0.4 is 0 Å². The first kappa shape index (κ1) is 15.8. The number of ether oxygens (including phenoxy) is 3. The van der Waals surface area contributed by atoms with Crippen LogP contribution >= 0.6 is 7.14 Å². The smallest absolute Gasteiger partial charge is 0.161 e. The molecule has 0 fully saturated rings. The first-order valence-corrected chi connectivity index (χ1v) is 7.05. The van der Waals surface area contributed by atoms with Gasteiger partial charge >= 0.3 is 0 Å². The largest absolute Gasteiger partial charge is 0.361 e. The lowest BCUT2D eigenvalue weighted by Gasteiger charge is -2.16. The van der Waals surface area contributed by atoms with Crippen LogP contribution in [0.4, 0.5) is 0 Å². The topological polar surface area (TPSA) is 44.8 Å². The summed E-state index contributed by atoms with van der Waals surface area (Å²) in [5, 5.41) is 0. The van der Waals surface area contributed by atoms with Gasteiger partial charge in [-0.3, -0.25) is 0 Å². The molecule has 0 heterocycles. The summed E-state index contributed by atoms with van der Waals surface area (Å²) in [5.41, 5.74) is 0. The second-order valence-electron chi connectivity index (χ2n) is 3.10. The molecule has 4 nitrogen and oxygen atoms in total. The maximum absolute atomic E-state index is 12.3. The Morgan fingerprint density at radius 3 is 1.29 bits per heavy atom. The van der Waals surface area contributed by atoms with Crippen molar-refractivity contribution >= 4 is 7.14 Å². The number of hydrogen-bond acceptors (Lipinski definition) is 4. The first-order chi connectivity index (χ1) is 8.18. The summed E-state index contributed by atoms with van der Waals surface area (Å²) < 4.78 is 27.4. The molecule has 0 saturated carbocycles. The third kappa shape index (κ3) is 8.58. The Bertz CT molecular complexity index is 312. The fourth-order valence-electron chi connectivity index (χ4n) is 0.925. The zero-order chi connectivity index (χ0) is 13.0. The summed E-state index contributed by atoms with van der Waals surface area (Å²) in [7, 11) is -2.76. The summed E-state index contributed by atoms with van der Waals surface area (Å²) in [5.74, 6) is 6.86. The van der Waals surface area contributed by atoms with E-state index in [9.17, 15) is 4.57 Å². The highest BCUT2D eigenvalue weighted by molar-refractivity contribution is 7.63. The number of terminal acetylenes is 3. The van der Waals surface area contributed by atoms with Crippen molar-refractivity contribution < 1.29 is 18.8 Å². The van der Waals surface area contributed by atoms with Crippen LogP contribution in [-0.4, -0.2) is 38.9 Å². The average Bonchev–Trinajstić information content (AvgIpc) is 2.30. The minimum absolute atomic E-state index is 0.00760. The van der Waals surface area contributed by atoms with Gasteiger partial charge in [-0.25, -0.2) is 0 Å². The third-order valence-corrected chi connectivity index (χ3v) is 3.50. The molecule has 5 heteroatoms. The average molecular weight is 254 g/mol. The van der Waals surface area contributed by atoms with E-state index >= 15 is 0 Å². The lowest BCUT2D eigenvalue weighted by Crippen LogP contribution is -2.09. The van der Waals surface area contributed by atoms with Crippen LogP contribution in [0.25, 0.3) is 0 Å². The molecule has 0 bridgehead atoms. The van der Waals surface area contributed by atoms with Gasteiger partial charge in [-0.05, 0) is 0 Å². The monoisotopic (exact) mass is 254 g/mol. The molecule has 0 aromatic heterocycles. The maximum atomic E-state index is 12.3. The van der Waals surface area contributed by atoms with Crippen molar-refractivity contribution in [2.75, 3.05) is 38.9 Å². The van der Waals surface area contributed by atoms with Gasteiger partial charge in [-0.1, -0.05) is 17.8 Å². The van der Waals surface area contributed by atoms with Gasteiger partial charge in [0.1, 0.15) is 38.9 Å². The predicted molar refractivity (Wildman–Crippen MR) is 66.6 cm³/mol. The Labute approximate surface area is 102 Å². The molecule has 0 aliphatic carbocycles. The summed E-state index contributed by atoms with van der Waals surface area (Å²) in [6.07, 6.45) is 15.0. The van der Waals surface area contributed by atoms with E-state index in [-0.39, 0.29) is 38.9 Å². The van der Waals surface area contributed by atoms with E-state index in [0.717, 1.165) is 0 Å². The van der Waals surface area contributed by atoms with Crippen LogP contribution in [0, 0.1) is 37.0 Å². The Hall–Kier alpha value is -1.21. The van der Waals surface area contributed by atoms with E-state index in [1.807, 2.05) is 0 Å². The van der Waals surface area contributed by atoms with Crippen molar-refractivity contribution in [2.45, 2.75) is 0 Å². The molecule has 0 atom stereocenters. The Balaban J connectivity index is 4.16. The summed E-state index contributed by atoms with van der Waals surface area (Å²) in [4.78, 5) is 0. The number of hydrogen-bond donors (Lipinski definition) is 0. The van der Waals surface area contributed by atoms with Crippen LogP contribution in [0.15, 0.2) is 0 Å². The molecule has 0 amide bonds. The van der Waals surface area contributed by atoms with Crippen molar-refractivity contribution in [1.82, 2.24) is 0 Å². The molecule has 0 saturated heterocycles. The van der Waals surface area contributed by atoms with Crippen LogP contribution in [-0.2, 0) is 18.8 Å².